The van der Waals surface area contributed by atoms with Crippen LogP contribution in [0, 0.1) is 0 Å². The number of benzene rings is 1. The maximum absolute atomic E-state index is 3.94. The van der Waals surface area contributed by atoms with Crippen LogP contribution >= 0.6 is 15.9 Å². The maximum atomic E-state index is 3.94. The van der Waals surface area contributed by atoms with E-state index in [4.69, 9.17) is 0 Å². The summed E-state index contributed by atoms with van der Waals surface area (Å²) in [6.45, 7) is 5.11. The molecule has 1 aromatic carbocycles. The highest BCUT2D eigenvalue weighted by atomic mass is 79.9. The molecule has 0 aliphatic rings. The predicted molar refractivity (Wildman–Crippen MR) is 72.6 cm³/mol. The van der Waals surface area contributed by atoms with Gasteiger partial charge in [0.25, 0.3) is 0 Å². The first-order valence-electron chi connectivity index (χ1n) is 5.58. The molecular weight excluding hydrogens is 278 g/mol. The summed E-state index contributed by atoms with van der Waals surface area (Å²) in [7, 11) is 0. The number of hydrogen-bond donors (Lipinski definition) is 2. The Bertz CT molecular complexity index is 477. The molecule has 0 unspecified atom stereocenters. The van der Waals surface area contributed by atoms with Gasteiger partial charge >= 0.3 is 0 Å². The van der Waals surface area contributed by atoms with Gasteiger partial charge in [0, 0.05) is 28.4 Å². The molecule has 1 heterocycles. The van der Waals surface area contributed by atoms with Crippen molar-refractivity contribution in [2.45, 2.75) is 25.9 Å². The number of hydrogen-bond acceptors (Lipinski definition) is 2. The molecule has 90 valence electrons. The molecule has 0 amide bonds. The van der Waals surface area contributed by atoms with Gasteiger partial charge in [0.05, 0.1) is 0 Å². The minimum Gasteiger partial charge on any atom is -0.302 e. The minimum atomic E-state index is -0.0921. The van der Waals surface area contributed by atoms with E-state index in [-0.39, 0.29) is 5.54 Å². The molecule has 3 nitrogen and oxygen atoms in total. The molecule has 1 aromatic heterocycles. The standard InChI is InChI=1S/C13H16BrN3/c1-13(2,11-5-3-4-6-12(11)14)15-9-10-7-8-16-17-10/h3-8,15H,9H2,1-2H3,(H,16,17). The van der Waals surface area contributed by atoms with Crippen LogP contribution in [0.15, 0.2) is 41.0 Å². The summed E-state index contributed by atoms with van der Waals surface area (Å²) in [6, 6.07) is 10.3. The molecule has 0 fully saturated rings. The van der Waals surface area contributed by atoms with E-state index in [2.05, 4.69) is 63.5 Å². The highest BCUT2D eigenvalue weighted by molar-refractivity contribution is 9.10. The summed E-state index contributed by atoms with van der Waals surface area (Å²) in [5, 5.41) is 10.4. The van der Waals surface area contributed by atoms with E-state index < -0.39 is 0 Å². The molecule has 0 radical (unpaired) electrons. The second-order valence-electron chi connectivity index (χ2n) is 4.54. The lowest BCUT2D eigenvalue weighted by molar-refractivity contribution is 0.396. The topological polar surface area (TPSA) is 40.7 Å². The van der Waals surface area contributed by atoms with Crippen molar-refractivity contribution >= 4 is 15.9 Å². The summed E-state index contributed by atoms with van der Waals surface area (Å²) >= 11 is 3.59. The zero-order valence-corrected chi connectivity index (χ0v) is 11.6. The fraction of sp³-hybridized carbons (Fsp3) is 0.308. The number of aromatic nitrogens is 2. The summed E-state index contributed by atoms with van der Waals surface area (Å²) in [5.41, 5.74) is 2.25. The summed E-state index contributed by atoms with van der Waals surface area (Å²) in [4.78, 5) is 0. The average Bonchev–Trinajstić information content (AvgIpc) is 2.80. The number of halogens is 1. The van der Waals surface area contributed by atoms with Crippen molar-refractivity contribution in [3.8, 4) is 0 Å². The molecule has 0 saturated heterocycles. The Morgan fingerprint density at radius 1 is 1.29 bits per heavy atom. The van der Waals surface area contributed by atoms with Gasteiger partial charge in [0.1, 0.15) is 0 Å². The van der Waals surface area contributed by atoms with E-state index in [1.165, 1.54) is 5.56 Å². The van der Waals surface area contributed by atoms with Crippen molar-refractivity contribution in [3.05, 3.63) is 52.3 Å². The number of H-pyrrole nitrogens is 1. The van der Waals surface area contributed by atoms with E-state index in [1.54, 1.807) is 6.20 Å². The minimum absolute atomic E-state index is 0.0921. The third kappa shape index (κ3) is 2.96. The molecule has 4 heteroatoms. The van der Waals surface area contributed by atoms with Crippen molar-refractivity contribution in [2.24, 2.45) is 0 Å². The summed E-state index contributed by atoms with van der Waals surface area (Å²) in [6.07, 6.45) is 1.77. The van der Waals surface area contributed by atoms with Gasteiger partial charge in [-0.15, -0.1) is 0 Å². The molecule has 0 bridgehead atoms. The van der Waals surface area contributed by atoms with Crippen molar-refractivity contribution in [3.63, 3.8) is 0 Å². The van der Waals surface area contributed by atoms with Crippen LogP contribution in [0.25, 0.3) is 0 Å². The smallest absolute Gasteiger partial charge is 0.0490 e. The predicted octanol–water partition coefficient (Wildman–Crippen LogP) is 3.20. The van der Waals surface area contributed by atoms with Gasteiger partial charge < -0.3 is 5.32 Å². The van der Waals surface area contributed by atoms with Crippen molar-refractivity contribution < 1.29 is 0 Å². The molecule has 0 aliphatic heterocycles. The van der Waals surface area contributed by atoms with E-state index in [1.807, 2.05) is 12.1 Å². The number of nitrogens with zero attached hydrogens (tertiary/aromatic N) is 1. The van der Waals surface area contributed by atoms with E-state index >= 15 is 0 Å². The van der Waals surface area contributed by atoms with Gasteiger partial charge in [-0.25, -0.2) is 0 Å². The quantitative estimate of drug-likeness (QED) is 0.909. The van der Waals surface area contributed by atoms with Crippen LogP contribution in [0.4, 0.5) is 0 Å². The number of rotatable bonds is 4. The SMILES string of the molecule is CC(C)(NCc1ccn[nH]1)c1ccccc1Br. The van der Waals surface area contributed by atoms with E-state index in [0.29, 0.717) is 0 Å². The Hall–Kier alpha value is -1.13. The zero-order valence-electron chi connectivity index (χ0n) is 10.00. The largest absolute Gasteiger partial charge is 0.302 e. The maximum Gasteiger partial charge on any atom is 0.0490 e. The Labute approximate surface area is 110 Å². The molecule has 0 aliphatic carbocycles. The third-order valence-corrected chi connectivity index (χ3v) is 3.52. The molecule has 2 rings (SSSR count). The first-order chi connectivity index (χ1) is 8.09. The molecule has 2 aromatic rings. The van der Waals surface area contributed by atoms with Gasteiger partial charge in [-0.2, -0.15) is 5.10 Å². The van der Waals surface area contributed by atoms with Crippen LogP contribution in [0.2, 0.25) is 0 Å². The second kappa shape index (κ2) is 5.02. The van der Waals surface area contributed by atoms with Gasteiger partial charge in [0.2, 0.25) is 0 Å². The van der Waals surface area contributed by atoms with Crippen molar-refractivity contribution in [2.75, 3.05) is 0 Å². The molecule has 17 heavy (non-hydrogen) atoms. The molecule has 0 spiro atoms. The first-order valence-corrected chi connectivity index (χ1v) is 6.37. The van der Waals surface area contributed by atoms with Crippen molar-refractivity contribution in [1.29, 1.82) is 0 Å². The fourth-order valence-electron chi connectivity index (χ4n) is 1.76. The molecule has 0 atom stereocenters. The zero-order chi connectivity index (χ0) is 12.3. The van der Waals surface area contributed by atoms with E-state index in [0.717, 1.165) is 16.7 Å². The van der Waals surface area contributed by atoms with Crippen molar-refractivity contribution in [1.82, 2.24) is 15.5 Å². The Morgan fingerprint density at radius 3 is 2.71 bits per heavy atom. The van der Waals surface area contributed by atoms with Crippen LogP contribution in [0.1, 0.15) is 25.1 Å². The molecule has 2 N–H and O–H groups in total. The lowest BCUT2D eigenvalue weighted by Crippen LogP contribution is -2.36. The second-order valence-corrected chi connectivity index (χ2v) is 5.39. The normalized spacial score (nSPS) is 11.7. The monoisotopic (exact) mass is 293 g/mol. The van der Waals surface area contributed by atoms with Crippen LogP contribution in [0.3, 0.4) is 0 Å². The highest BCUT2D eigenvalue weighted by Crippen LogP contribution is 2.27. The van der Waals surface area contributed by atoms with Gasteiger partial charge in [-0.3, -0.25) is 5.10 Å². The highest BCUT2D eigenvalue weighted by Gasteiger charge is 2.21. The van der Waals surface area contributed by atoms with Gasteiger partial charge in [-0.1, -0.05) is 34.1 Å². The first kappa shape index (κ1) is 12.3. The lowest BCUT2D eigenvalue weighted by Gasteiger charge is -2.28. The van der Waals surface area contributed by atoms with Gasteiger partial charge in [-0.05, 0) is 31.5 Å². The third-order valence-electron chi connectivity index (χ3n) is 2.83. The van der Waals surface area contributed by atoms with Crippen LogP contribution in [-0.2, 0) is 12.1 Å². The Morgan fingerprint density at radius 2 is 2.06 bits per heavy atom. The molecule has 0 saturated carbocycles. The lowest BCUT2D eigenvalue weighted by atomic mass is 9.94. The van der Waals surface area contributed by atoms with Crippen LogP contribution in [-0.4, -0.2) is 10.2 Å². The molecular formula is C13H16BrN3. The van der Waals surface area contributed by atoms with Crippen LogP contribution < -0.4 is 5.32 Å². The average molecular weight is 294 g/mol. The fourth-order valence-corrected chi connectivity index (χ4v) is 2.54. The van der Waals surface area contributed by atoms with E-state index in [9.17, 15) is 0 Å². The number of nitrogens with one attached hydrogen (secondary N) is 2. The Balaban J connectivity index is 2.11. The number of aromatic amines is 1. The Kier molecular flexibility index (Phi) is 3.64. The van der Waals surface area contributed by atoms with Crippen LogP contribution in [0.5, 0.6) is 0 Å². The van der Waals surface area contributed by atoms with Gasteiger partial charge in [0.15, 0.2) is 0 Å². The summed E-state index contributed by atoms with van der Waals surface area (Å²) < 4.78 is 1.13. The summed E-state index contributed by atoms with van der Waals surface area (Å²) in [5.74, 6) is 0.